The van der Waals surface area contributed by atoms with Crippen LogP contribution in [-0.2, 0) is 13.5 Å². The molecule has 1 aromatic carbocycles. The molecular formula is C13H15FN2O. The summed E-state index contributed by atoms with van der Waals surface area (Å²) < 4.78 is 15.3. The van der Waals surface area contributed by atoms with E-state index < -0.39 is 6.10 Å². The Bertz CT molecular complexity index is 522. The molecule has 1 aromatic heterocycles. The van der Waals surface area contributed by atoms with Crippen molar-refractivity contribution >= 4 is 0 Å². The van der Waals surface area contributed by atoms with Gasteiger partial charge in [0.15, 0.2) is 0 Å². The summed E-state index contributed by atoms with van der Waals surface area (Å²) in [5.74, 6) is -0.367. The highest BCUT2D eigenvalue weighted by Gasteiger charge is 2.14. The van der Waals surface area contributed by atoms with E-state index in [1.165, 1.54) is 6.07 Å². The minimum absolute atomic E-state index is 0.320. The highest BCUT2D eigenvalue weighted by Crippen LogP contribution is 2.21. The van der Waals surface area contributed by atoms with E-state index in [-0.39, 0.29) is 5.82 Å². The lowest BCUT2D eigenvalue weighted by Crippen LogP contribution is -2.05. The summed E-state index contributed by atoms with van der Waals surface area (Å²) in [6.45, 7) is 1.82. The van der Waals surface area contributed by atoms with Crippen LogP contribution in [0.5, 0.6) is 0 Å². The molecule has 0 aliphatic carbocycles. The summed E-state index contributed by atoms with van der Waals surface area (Å²) in [4.78, 5) is 0. The van der Waals surface area contributed by atoms with E-state index in [4.69, 9.17) is 0 Å². The fourth-order valence-electron chi connectivity index (χ4n) is 1.78. The molecule has 1 heterocycles. The second kappa shape index (κ2) is 4.67. The summed E-state index contributed by atoms with van der Waals surface area (Å²) in [6.07, 6.45) is 1.26. The maximum absolute atomic E-state index is 13.6. The first-order valence-electron chi connectivity index (χ1n) is 5.49. The van der Waals surface area contributed by atoms with Crippen molar-refractivity contribution in [2.75, 3.05) is 0 Å². The van der Waals surface area contributed by atoms with E-state index in [1.54, 1.807) is 23.0 Å². The van der Waals surface area contributed by atoms with Crippen LogP contribution in [0.4, 0.5) is 4.39 Å². The highest BCUT2D eigenvalue weighted by molar-refractivity contribution is 5.26. The van der Waals surface area contributed by atoms with Crippen LogP contribution in [0.1, 0.15) is 22.9 Å². The van der Waals surface area contributed by atoms with Crippen molar-refractivity contribution in [1.82, 2.24) is 9.78 Å². The largest absolute Gasteiger partial charge is 0.388 e. The summed E-state index contributed by atoms with van der Waals surface area (Å²) >= 11 is 0. The van der Waals surface area contributed by atoms with Gasteiger partial charge in [-0.05, 0) is 24.6 Å². The Morgan fingerprint density at radius 3 is 2.76 bits per heavy atom. The summed E-state index contributed by atoms with van der Waals surface area (Å²) in [6, 6.07) is 6.66. The normalized spacial score (nSPS) is 12.7. The van der Waals surface area contributed by atoms with Crippen molar-refractivity contribution in [3.63, 3.8) is 0 Å². The van der Waals surface area contributed by atoms with Gasteiger partial charge in [-0.3, -0.25) is 4.68 Å². The van der Waals surface area contributed by atoms with Crippen LogP contribution in [0.25, 0.3) is 0 Å². The van der Waals surface area contributed by atoms with Gasteiger partial charge in [-0.1, -0.05) is 12.1 Å². The Morgan fingerprint density at radius 1 is 1.41 bits per heavy atom. The number of aliphatic hydroxyl groups excluding tert-OH is 1. The number of aliphatic hydroxyl groups is 1. The quantitative estimate of drug-likeness (QED) is 0.883. The molecule has 0 saturated carbocycles. The molecule has 0 amide bonds. The minimum atomic E-state index is -0.856. The van der Waals surface area contributed by atoms with Gasteiger partial charge in [0.2, 0.25) is 0 Å². The first-order chi connectivity index (χ1) is 8.06. The predicted molar refractivity (Wildman–Crippen MR) is 63.0 cm³/mol. The fraction of sp³-hybridized carbons (Fsp3) is 0.308. The van der Waals surface area contributed by atoms with Gasteiger partial charge >= 0.3 is 0 Å². The molecular weight excluding hydrogens is 219 g/mol. The topological polar surface area (TPSA) is 38.0 Å². The molecule has 0 spiro atoms. The summed E-state index contributed by atoms with van der Waals surface area (Å²) in [7, 11) is 1.81. The zero-order chi connectivity index (χ0) is 12.4. The molecule has 0 fully saturated rings. The van der Waals surface area contributed by atoms with Gasteiger partial charge in [-0.25, -0.2) is 4.39 Å². The number of benzene rings is 1. The van der Waals surface area contributed by atoms with E-state index in [9.17, 15) is 9.50 Å². The van der Waals surface area contributed by atoms with Crippen molar-refractivity contribution in [3.05, 3.63) is 53.1 Å². The molecule has 4 heteroatoms. The van der Waals surface area contributed by atoms with Crippen molar-refractivity contribution in [3.8, 4) is 0 Å². The van der Waals surface area contributed by atoms with Crippen LogP contribution in [0.15, 0.2) is 30.5 Å². The Kier molecular flexibility index (Phi) is 3.24. The van der Waals surface area contributed by atoms with Crippen LogP contribution in [0.3, 0.4) is 0 Å². The molecule has 3 nitrogen and oxygen atoms in total. The Labute approximate surface area is 99.5 Å². The second-order valence-corrected chi connectivity index (χ2v) is 4.23. The van der Waals surface area contributed by atoms with E-state index in [1.807, 2.05) is 20.0 Å². The lowest BCUT2D eigenvalue weighted by molar-refractivity contribution is 0.172. The third kappa shape index (κ3) is 2.71. The van der Waals surface area contributed by atoms with E-state index in [0.29, 0.717) is 12.0 Å². The molecule has 0 aliphatic heterocycles. The highest BCUT2D eigenvalue weighted by atomic mass is 19.1. The average molecular weight is 234 g/mol. The maximum atomic E-state index is 13.6. The van der Waals surface area contributed by atoms with Crippen LogP contribution < -0.4 is 0 Å². The third-order valence-corrected chi connectivity index (χ3v) is 2.69. The molecule has 1 unspecified atom stereocenters. The van der Waals surface area contributed by atoms with Gasteiger partial charge in [0.1, 0.15) is 5.82 Å². The van der Waals surface area contributed by atoms with Crippen LogP contribution >= 0.6 is 0 Å². The van der Waals surface area contributed by atoms with E-state index >= 15 is 0 Å². The zero-order valence-electron chi connectivity index (χ0n) is 9.89. The molecule has 1 atom stereocenters. The average Bonchev–Trinajstić information content (AvgIpc) is 2.63. The van der Waals surface area contributed by atoms with Crippen molar-refractivity contribution < 1.29 is 9.50 Å². The fourth-order valence-corrected chi connectivity index (χ4v) is 1.78. The lowest BCUT2D eigenvalue weighted by Gasteiger charge is -2.10. The van der Waals surface area contributed by atoms with Gasteiger partial charge in [0, 0.05) is 25.2 Å². The Balaban J connectivity index is 2.17. The van der Waals surface area contributed by atoms with Crippen molar-refractivity contribution in [2.45, 2.75) is 19.4 Å². The van der Waals surface area contributed by atoms with Crippen LogP contribution in [-0.4, -0.2) is 14.9 Å². The second-order valence-electron chi connectivity index (χ2n) is 4.23. The number of hydrogen-bond donors (Lipinski definition) is 1. The van der Waals surface area contributed by atoms with Crippen molar-refractivity contribution in [2.24, 2.45) is 7.05 Å². The Hall–Kier alpha value is -1.68. The SMILES string of the molecule is Cc1ccc(C(O)Cc2ccn(C)n2)c(F)c1. The van der Waals surface area contributed by atoms with Gasteiger partial charge in [-0.15, -0.1) is 0 Å². The molecule has 1 N–H and O–H groups in total. The molecule has 2 rings (SSSR count). The standard InChI is InChI=1S/C13H15FN2O/c1-9-3-4-11(12(14)7-9)13(17)8-10-5-6-16(2)15-10/h3-7,13,17H,8H2,1-2H3. The van der Waals surface area contributed by atoms with Crippen molar-refractivity contribution in [1.29, 1.82) is 0 Å². The molecule has 0 saturated heterocycles. The zero-order valence-corrected chi connectivity index (χ0v) is 9.89. The van der Waals surface area contributed by atoms with Gasteiger partial charge < -0.3 is 5.11 Å². The monoisotopic (exact) mass is 234 g/mol. The van der Waals surface area contributed by atoms with Crippen LogP contribution in [0, 0.1) is 12.7 Å². The molecule has 17 heavy (non-hydrogen) atoms. The first-order valence-corrected chi connectivity index (χ1v) is 5.49. The number of aromatic nitrogens is 2. The molecule has 0 aliphatic rings. The first kappa shape index (κ1) is 11.8. The minimum Gasteiger partial charge on any atom is -0.388 e. The predicted octanol–water partition coefficient (Wildman–Crippen LogP) is 2.14. The van der Waals surface area contributed by atoms with E-state index in [0.717, 1.165) is 11.3 Å². The molecule has 0 bridgehead atoms. The molecule has 0 radical (unpaired) electrons. The number of rotatable bonds is 3. The van der Waals surface area contributed by atoms with Crippen LogP contribution in [0.2, 0.25) is 0 Å². The van der Waals surface area contributed by atoms with E-state index in [2.05, 4.69) is 5.10 Å². The number of halogens is 1. The smallest absolute Gasteiger partial charge is 0.129 e. The number of nitrogens with zero attached hydrogens (tertiary/aromatic N) is 2. The molecule has 90 valence electrons. The third-order valence-electron chi connectivity index (χ3n) is 2.69. The van der Waals surface area contributed by atoms with Gasteiger partial charge in [0.05, 0.1) is 11.8 Å². The Morgan fingerprint density at radius 2 is 2.18 bits per heavy atom. The summed E-state index contributed by atoms with van der Waals surface area (Å²) in [5, 5.41) is 14.1. The molecule has 2 aromatic rings. The summed E-state index contributed by atoms with van der Waals surface area (Å²) in [5.41, 5.74) is 1.91. The lowest BCUT2D eigenvalue weighted by atomic mass is 10.0. The maximum Gasteiger partial charge on any atom is 0.129 e. The number of hydrogen-bond acceptors (Lipinski definition) is 2. The number of aryl methyl sites for hydroxylation is 2. The van der Waals surface area contributed by atoms with Gasteiger partial charge in [-0.2, -0.15) is 5.10 Å². The van der Waals surface area contributed by atoms with Gasteiger partial charge in [0.25, 0.3) is 0 Å².